The molecule has 2 aromatic rings. The predicted molar refractivity (Wildman–Crippen MR) is 115 cm³/mol. The molecule has 2 aromatic carbocycles. The fraction of sp³-hybridized carbons (Fsp3) is 0.292. The van der Waals surface area contributed by atoms with Crippen LogP contribution in [-0.2, 0) is 19.1 Å². The Balaban J connectivity index is 1.07. The number of benzene rings is 2. The van der Waals surface area contributed by atoms with Gasteiger partial charge in [0.1, 0.15) is 54.1 Å². The summed E-state index contributed by atoms with van der Waals surface area (Å²) in [6, 6.07) is 13.4. The Morgan fingerprint density at radius 2 is 1.21 bits per heavy atom. The van der Waals surface area contributed by atoms with Crippen molar-refractivity contribution in [1.29, 1.82) is 0 Å². The third kappa shape index (κ3) is 5.97. The number of hydrogen-bond acceptors (Lipinski definition) is 9. The Labute approximate surface area is 189 Å². The molecule has 0 aliphatic carbocycles. The number of aliphatic imine (C=N–C) groups is 1. The molecule has 0 amide bonds. The number of ether oxygens (including phenoxy) is 6. The van der Waals surface area contributed by atoms with Crippen molar-refractivity contribution in [2.45, 2.75) is 18.6 Å². The molecule has 9 nitrogen and oxygen atoms in total. The predicted octanol–water partition coefficient (Wildman–Crippen LogP) is 2.48. The quantitative estimate of drug-likeness (QED) is 0.308. The zero-order valence-corrected chi connectivity index (χ0v) is 17.6. The Morgan fingerprint density at radius 1 is 0.758 bits per heavy atom. The fourth-order valence-electron chi connectivity index (χ4n) is 2.93. The highest BCUT2D eigenvalue weighted by Crippen LogP contribution is 2.23. The zero-order chi connectivity index (χ0) is 22.6. The molecule has 0 aromatic heterocycles. The Morgan fingerprint density at radius 3 is 1.70 bits per heavy atom. The number of esters is 2. The monoisotopic (exact) mass is 451 g/mol. The van der Waals surface area contributed by atoms with Crippen LogP contribution in [0.5, 0.6) is 23.0 Å². The van der Waals surface area contributed by atoms with Crippen LogP contribution in [0.4, 0.5) is 0 Å². The summed E-state index contributed by atoms with van der Waals surface area (Å²) in [5, 5.41) is 0. The van der Waals surface area contributed by atoms with Crippen molar-refractivity contribution < 1.29 is 38.0 Å². The summed E-state index contributed by atoms with van der Waals surface area (Å²) < 4.78 is 32.0. The normalized spacial score (nSPS) is 20.4. The lowest BCUT2D eigenvalue weighted by Gasteiger charge is -2.08. The lowest BCUT2D eigenvalue weighted by atomic mass is 10.1. The van der Waals surface area contributed by atoms with E-state index in [-0.39, 0.29) is 29.9 Å². The van der Waals surface area contributed by atoms with E-state index in [9.17, 15) is 9.59 Å². The van der Waals surface area contributed by atoms with Crippen molar-refractivity contribution in [1.82, 2.24) is 0 Å². The highest BCUT2D eigenvalue weighted by Gasteiger charge is 2.26. The molecule has 0 bridgehead atoms. The van der Waals surface area contributed by atoms with Gasteiger partial charge in [0.25, 0.3) is 0 Å². The number of hydrogen-bond donors (Lipinski definition) is 0. The summed E-state index contributed by atoms with van der Waals surface area (Å²) in [5.74, 6) is 0.826. The van der Waals surface area contributed by atoms with Gasteiger partial charge >= 0.3 is 11.9 Å². The smallest absolute Gasteiger partial charge is 0.358 e. The van der Waals surface area contributed by atoms with Gasteiger partial charge in [0, 0.05) is 12.6 Å². The van der Waals surface area contributed by atoms with Crippen molar-refractivity contribution in [2.75, 3.05) is 26.4 Å². The van der Waals surface area contributed by atoms with Gasteiger partial charge in [0.05, 0.1) is 18.8 Å². The van der Waals surface area contributed by atoms with Crippen LogP contribution in [0.2, 0.25) is 0 Å². The van der Waals surface area contributed by atoms with Gasteiger partial charge in [-0.2, -0.15) is 0 Å². The molecule has 2 saturated heterocycles. The van der Waals surface area contributed by atoms with Gasteiger partial charge in [-0.15, -0.1) is 0 Å². The zero-order valence-electron chi connectivity index (χ0n) is 17.6. The van der Waals surface area contributed by atoms with Gasteiger partial charge in [-0.3, -0.25) is 4.99 Å². The summed E-state index contributed by atoms with van der Waals surface area (Å²) in [5.41, 5.74) is 0.387. The van der Waals surface area contributed by atoms with Crippen LogP contribution in [0.1, 0.15) is 6.42 Å². The van der Waals surface area contributed by atoms with E-state index in [1.807, 2.05) is 0 Å². The number of carbonyl (C=O) groups is 2. The van der Waals surface area contributed by atoms with Crippen LogP contribution in [0.25, 0.3) is 0 Å². The molecule has 0 saturated carbocycles. The van der Waals surface area contributed by atoms with E-state index in [0.29, 0.717) is 36.2 Å². The molecule has 0 spiro atoms. The maximum absolute atomic E-state index is 12.4. The van der Waals surface area contributed by atoms with Crippen LogP contribution in [-0.4, -0.2) is 56.3 Å². The second-order valence-electron chi connectivity index (χ2n) is 7.66. The maximum atomic E-state index is 12.4. The van der Waals surface area contributed by atoms with E-state index in [1.165, 1.54) is 6.20 Å². The third-order valence-electron chi connectivity index (χ3n) is 4.98. The van der Waals surface area contributed by atoms with E-state index in [0.717, 1.165) is 13.2 Å². The second kappa shape index (κ2) is 9.43. The first-order valence-corrected chi connectivity index (χ1v) is 10.5. The average Bonchev–Trinajstić information content (AvgIpc) is 3.77. The SMILES string of the molecule is O=C(Oc1ccc(OCC2CO2)cc1)C1=CN=C(C(=O)Oc2ccc(OCC3CO3)cc2)C1. The Kier molecular flexibility index (Phi) is 6.05. The van der Waals surface area contributed by atoms with E-state index in [4.69, 9.17) is 28.4 Å². The fourth-order valence-corrected chi connectivity index (χ4v) is 2.93. The first-order valence-electron chi connectivity index (χ1n) is 10.5. The first kappa shape index (κ1) is 21.2. The van der Waals surface area contributed by atoms with Gasteiger partial charge < -0.3 is 28.4 Å². The molecule has 5 rings (SSSR count). The summed E-state index contributed by atoms with van der Waals surface area (Å²) in [6.45, 7) is 2.43. The van der Waals surface area contributed by atoms with Gasteiger partial charge in [0.15, 0.2) is 0 Å². The lowest BCUT2D eigenvalue weighted by Crippen LogP contribution is -2.21. The minimum atomic E-state index is -0.629. The standard InChI is InChI=1S/C24H21NO8/c26-23(32-18-5-1-16(2-6-18)28-11-20-13-30-20)15-9-22(25-10-15)24(27)33-19-7-3-17(4-8-19)29-12-21-14-31-21/h1-8,10,20-21H,9,11-14H2. The molecule has 0 radical (unpaired) electrons. The summed E-state index contributed by atoms with van der Waals surface area (Å²) in [6.07, 6.45) is 1.68. The summed E-state index contributed by atoms with van der Waals surface area (Å²) >= 11 is 0. The average molecular weight is 451 g/mol. The van der Waals surface area contributed by atoms with Gasteiger partial charge in [-0.1, -0.05) is 0 Å². The molecule has 9 heteroatoms. The highest BCUT2D eigenvalue weighted by atomic mass is 16.6. The van der Waals surface area contributed by atoms with Gasteiger partial charge in [-0.05, 0) is 48.5 Å². The van der Waals surface area contributed by atoms with Crippen molar-refractivity contribution in [2.24, 2.45) is 4.99 Å². The van der Waals surface area contributed by atoms with E-state index in [1.54, 1.807) is 48.5 Å². The molecular weight excluding hydrogens is 430 g/mol. The minimum absolute atomic E-state index is 0.0306. The van der Waals surface area contributed by atoms with E-state index >= 15 is 0 Å². The van der Waals surface area contributed by atoms with Gasteiger partial charge in [-0.25, -0.2) is 9.59 Å². The summed E-state index contributed by atoms with van der Waals surface area (Å²) in [4.78, 5) is 28.8. The van der Waals surface area contributed by atoms with Crippen molar-refractivity contribution >= 4 is 17.7 Å². The molecule has 33 heavy (non-hydrogen) atoms. The molecule has 3 heterocycles. The van der Waals surface area contributed by atoms with Crippen LogP contribution in [0.15, 0.2) is 65.3 Å². The van der Waals surface area contributed by atoms with Crippen LogP contribution < -0.4 is 18.9 Å². The van der Waals surface area contributed by atoms with E-state index < -0.39 is 11.9 Å². The lowest BCUT2D eigenvalue weighted by molar-refractivity contribution is -0.130. The first-order chi connectivity index (χ1) is 16.1. The largest absolute Gasteiger partial charge is 0.491 e. The van der Waals surface area contributed by atoms with Crippen molar-refractivity contribution in [3.05, 3.63) is 60.3 Å². The number of nitrogens with zero attached hydrogens (tertiary/aromatic N) is 1. The summed E-state index contributed by atoms with van der Waals surface area (Å²) in [7, 11) is 0. The number of epoxide rings is 2. The van der Waals surface area contributed by atoms with Crippen LogP contribution in [0.3, 0.4) is 0 Å². The molecule has 170 valence electrons. The van der Waals surface area contributed by atoms with Crippen molar-refractivity contribution in [3.63, 3.8) is 0 Å². The third-order valence-corrected chi connectivity index (χ3v) is 4.98. The molecule has 2 unspecified atom stereocenters. The van der Waals surface area contributed by atoms with Gasteiger partial charge in [0.2, 0.25) is 0 Å². The number of carbonyl (C=O) groups excluding carboxylic acids is 2. The molecule has 3 aliphatic heterocycles. The van der Waals surface area contributed by atoms with Crippen LogP contribution >= 0.6 is 0 Å². The number of rotatable bonds is 10. The highest BCUT2D eigenvalue weighted by molar-refractivity contribution is 6.39. The molecule has 2 atom stereocenters. The minimum Gasteiger partial charge on any atom is -0.491 e. The maximum Gasteiger partial charge on any atom is 0.358 e. The Hall–Kier alpha value is -3.69. The molecule has 0 N–H and O–H groups in total. The topological polar surface area (TPSA) is 108 Å². The van der Waals surface area contributed by atoms with Crippen LogP contribution in [0, 0.1) is 0 Å². The van der Waals surface area contributed by atoms with E-state index in [2.05, 4.69) is 4.99 Å². The molecular formula is C24H21NO8. The molecule has 2 fully saturated rings. The van der Waals surface area contributed by atoms with Crippen molar-refractivity contribution in [3.8, 4) is 23.0 Å². The second-order valence-corrected chi connectivity index (χ2v) is 7.66. The molecule has 3 aliphatic rings. The Bertz CT molecular complexity index is 995.